The number of piperidine rings is 1. The van der Waals surface area contributed by atoms with Crippen molar-refractivity contribution in [3.63, 3.8) is 0 Å². The van der Waals surface area contributed by atoms with Crippen molar-refractivity contribution < 1.29 is 18.0 Å². The van der Waals surface area contributed by atoms with Gasteiger partial charge in [-0.1, -0.05) is 12.1 Å². The number of carbonyl (C=O) groups excluding carboxylic acids is 1. The third-order valence-electron chi connectivity index (χ3n) is 4.97. The molecule has 1 aromatic carbocycles. The summed E-state index contributed by atoms with van der Waals surface area (Å²) in [5, 5.41) is 2.78. The molecule has 0 saturated carbocycles. The van der Waals surface area contributed by atoms with Gasteiger partial charge in [-0.25, -0.2) is 4.98 Å². The quantitative estimate of drug-likeness (QED) is 0.868. The Balaban J connectivity index is 1.47. The molecular weight excluding hydrogens is 357 g/mol. The topological polar surface area (TPSA) is 50.2 Å². The number of benzene rings is 1. The van der Waals surface area contributed by atoms with Gasteiger partial charge < -0.3 is 9.88 Å². The molecule has 2 aromatic rings. The Kier molecular flexibility index (Phi) is 5.84. The first-order valence-corrected chi connectivity index (χ1v) is 8.95. The second kappa shape index (κ2) is 8.12. The van der Waals surface area contributed by atoms with Gasteiger partial charge >= 0.3 is 6.18 Å². The summed E-state index contributed by atoms with van der Waals surface area (Å²) in [5.74, 6) is 0.792. The Labute approximate surface area is 156 Å². The number of aryl methyl sites for hydroxylation is 1. The number of rotatable bonds is 5. The zero-order valence-corrected chi connectivity index (χ0v) is 15.2. The van der Waals surface area contributed by atoms with Gasteiger partial charge in [-0.15, -0.1) is 0 Å². The zero-order chi connectivity index (χ0) is 19.4. The molecule has 1 aliphatic rings. The fraction of sp³-hybridized carbons (Fsp3) is 0.474. The fourth-order valence-electron chi connectivity index (χ4n) is 3.29. The fourth-order valence-corrected chi connectivity index (χ4v) is 3.29. The average molecular weight is 380 g/mol. The maximum absolute atomic E-state index is 12.8. The smallest absolute Gasteiger partial charge is 0.352 e. The van der Waals surface area contributed by atoms with Crippen molar-refractivity contribution in [2.75, 3.05) is 13.1 Å². The monoisotopic (exact) mass is 380 g/mol. The number of hydrogen-bond acceptors (Lipinski definition) is 3. The van der Waals surface area contributed by atoms with E-state index in [1.807, 2.05) is 17.8 Å². The molecule has 0 radical (unpaired) electrons. The highest BCUT2D eigenvalue weighted by atomic mass is 19.4. The predicted molar refractivity (Wildman–Crippen MR) is 94.5 cm³/mol. The number of aromatic nitrogens is 2. The minimum atomic E-state index is -4.37. The minimum absolute atomic E-state index is 0.0935. The summed E-state index contributed by atoms with van der Waals surface area (Å²) in [5.41, 5.74) is -0.248. The molecule has 1 fully saturated rings. The molecule has 2 heterocycles. The molecule has 5 nitrogen and oxygen atoms in total. The summed E-state index contributed by atoms with van der Waals surface area (Å²) in [6.45, 7) is 2.46. The maximum atomic E-state index is 12.8. The van der Waals surface area contributed by atoms with Crippen molar-refractivity contribution in [2.24, 2.45) is 13.0 Å². The molecule has 0 unspecified atom stereocenters. The summed E-state index contributed by atoms with van der Waals surface area (Å²) in [6, 6.07) is 5.06. The second-order valence-electron chi connectivity index (χ2n) is 6.92. The van der Waals surface area contributed by atoms with Crippen molar-refractivity contribution >= 4 is 5.91 Å². The normalized spacial score (nSPS) is 16.4. The highest BCUT2D eigenvalue weighted by molar-refractivity contribution is 5.78. The van der Waals surface area contributed by atoms with Crippen LogP contribution in [0, 0.1) is 5.92 Å². The molecule has 0 aliphatic carbocycles. The molecule has 3 rings (SSSR count). The lowest BCUT2D eigenvalue weighted by Crippen LogP contribution is -2.40. The van der Waals surface area contributed by atoms with Crippen LogP contribution in [-0.4, -0.2) is 33.4 Å². The van der Waals surface area contributed by atoms with Gasteiger partial charge in [-0.2, -0.15) is 13.2 Å². The summed E-state index contributed by atoms with van der Waals surface area (Å²) in [4.78, 5) is 18.9. The molecule has 0 spiro atoms. The second-order valence-corrected chi connectivity index (χ2v) is 6.92. The Morgan fingerprint density at radius 3 is 2.67 bits per heavy atom. The molecule has 8 heteroatoms. The number of alkyl halides is 3. The standard InChI is InChI=1S/C19H23F3N4O/c1-25-10-7-23-17(25)13-26-8-5-15(6-9-26)18(27)24-12-14-3-2-4-16(11-14)19(20,21)22/h2-4,7,10-11,15H,5-6,8-9,12-13H2,1H3,(H,24,27). The van der Waals surface area contributed by atoms with E-state index in [-0.39, 0.29) is 18.4 Å². The first kappa shape index (κ1) is 19.4. The van der Waals surface area contributed by atoms with E-state index >= 15 is 0 Å². The van der Waals surface area contributed by atoms with E-state index in [1.54, 1.807) is 12.3 Å². The van der Waals surface area contributed by atoms with Gasteiger partial charge in [0.1, 0.15) is 5.82 Å². The van der Waals surface area contributed by atoms with Crippen molar-refractivity contribution in [1.29, 1.82) is 0 Å². The van der Waals surface area contributed by atoms with Crippen LogP contribution in [0.5, 0.6) is 0 Å². The first-order valence-electron chi connectivity index (χ1n) is 8.95. The van der Waals surface area contributed by atoms with Crippen LogP contribution in [0.4, 0.5) is 13.2 Å². The van der Waals surface area contributed by atoms with Crippen molar-refractivity contribution in [3.8, 4) is 0 Å². The Morgan fingerprint density at radius 1 is 1.30 bits per heavy atom. The molecule has 0 atom stereocenters. The van der Waals surface area contributed by atoms with E-state index in [1.165, 1.54) is 6.07 Å². The third kappa shape index (κ3) is 5.09. The average Bonchev–Trinajstić information content (AvgIpc) is 3.04. The molecular formula is C19H23F3N4O. The lowest BCUT2D eigenvalue weighted by molar-refractivity contribution is -0.137. The molecule has 146 valence electrons. The van der Waals surface area contributed by atoms with Crippen LogP contribution >= 0.6 is 0 Å². The van der Waals surface area contributed by atoms with E-state index in [0.717, 1.165) is 50.4 Å². The summed E-state index contributed by atoms with van der Waals surface area (Å²) >= 11 is 0. The Hall–Kier alpha value is -2.35. The highest BCUT2D eigenvalue weighted by Gasteiger charge is 2.30. The van der Waals surface area contributed by atoms with E-state index in [9.17, 15) is 18.0 Å². The maximum Gasteiger partial charge on any atom is 0.416 e. The number of halogens is 3. The van der Waals surface area contributed by atoms with Crippen LogP contribution < -0.4 is 5.32 Å². The highest BCUT2D eigenvalue weighted by Crippen LogP contribution is 2.29. The number of amides is 1. The van der Waals surface area contributed by atoms with Crippen LogP contribution in [0.2, 0.25) is 0 Å². The van der Waals surface area contributed by atoms with Crippen LogP contribution in [0.3, 0.4) is 0 Å². The summed E-state index contributed by atoms with van der Waals surface area (Å²) in [6.07, 6.45) is 0.768. The zero-order valence-electron chi connectivity index (χ0n) is 15.2. The first-order chi connectivity index (χ1) is 12.8. The van der Waals surface area contributed by atoms with Gasteiger partial charge in [0.05, 0.1) is 12.1 Å². The SMILES string of the molecule is Cn1ccnc1CN1CCC(C(=O)NCc2cccc(C(F)(F)F)c2)CC1. The molecule has 1 N–H and O–H groups in total. The van der Waals surface area contributed by atoms with E-state index in [0.29, 0.717) is 5.56 Å². The number of hydrogen-bond donors (Lipinski definition) is 1. The number of imidazole rings is 1. The molecule has 1 saturated heterocycles. The molecule has 27 heavy (non-hydrogen) atoms. The third-order valence-corrected chi connectivity index (χ3v) is 4.97. The van der Waals surface area contributed by atoms with Crippen molar-refractivity contribution in [3.05, 3.63) is 53.6 Å². The van der Waals surface area contributed by atoms with Crippen LogP contribution in [0.15, 0.2) is 36.7 Å². The minimum Gasteiger partial charge on any atom is -0.352 e. The molecule has 1 aliphatic heterocycles. The molecule has 1 aromatic heterocycles. The lowest BCUT2D eigenvalue weighted by atomic mass is 9.95. The van der Waals surface area contributed by atoms with Crippen LogP contribution in [0.25, 0.3) is 0 Å². The van der Waals surface area contributed by atoms with E-state index in [4.69, 9.17) is 0 Å². The summed E-state index contributed by atoms with van der Waals surface area (Å²) in [7, 11) is 1.95. The number of nitrogens with one attached hydrogen (secondary N) is 1. The van der Waals surface area contributed by atoms with Crippen LogP contribution in [-0.2, 0) is 31.1 Å². The molecule has 0 bridgehead atoms. The Bertz CT molecular complexity index is 779. The van der Waals surface area contributed by atoms with Gasteiger partial charge in [0.15, 0.2) is 0 Å². The van der Waals surface area contributed by atoms with Crippen molar-refractivity contribution in [1.82, 2.24) is 19.8 Å². The number of likely N-dealkylation sites (tertiary alicyclic amines) is 1. The van der Waals surface area contributed by atoms with Gasteiger partial charge in [0.2, 0.25) is 5.91 Å². The largest absolute Gasteiger partial charge is 0.416 e. The van der Waals surface area contributed by atoms with E-state index < -0.39 is 11.7 Å². The van der Waals surface area contributed by atoms with Gasteiger partial charge in [-0.05, 0) is 43.6 Å². The summed E-state index contributed by atoms with van der Waals surface area (Å²) < 4.78 is 40.3. The van der Waals surface area contributed by atoms with E-state index in [2.05, 4.69) is 15.2 Å². The lowest BCUT2D eigenvalue weighted by Gasteiger charge is -2.31. The van der Waals surface area contributed by atoms with Gasteiger partial charge in [0, 0.05) is 31.9 Å². The van der Waals surface area contributed by atoms with Crippen molar-refractivity contribution in [2.45, 2.75) is 32.1 Å². The number of nitrogens with zero attached hydrogens (tertiary/aromatic N) is 3. The Morgan fingerprint density at radius 2 is 2.04 bits per heavy atom. The van der Waals surface area contributed by atoms with Gasteiger partial charge in [0.25, 0.3) is 0 Å². The predicted octanol–water partition coefficient (Wildman–Crippen LogP) is 2.97. The van der Waals surface area contributed by atoms with Crippen LogP contribution in [0.1, 0.15) is 29.8 Å². The van der Waals surface area contributed by atoms with Gasteiger partial charge in [-0.3, -0.25) is 9.69 Å². The number of carbonyl (C=O) groups is 1. The molecule has 1 amide bonds.